The van der Waals surface area contributed by atoms with E-state index in [-0.39, 0.29) is 36.1 Å². The minimum atomic E-state index is 0. The van der Waals surface area contributed by atoms with Crippen molar-refractivity contribution in [1.82, 2.24) is 10.3 Å². The van der Waals surface area contributed by atoms with E-state index < -0.39 is 0 Å². The summed E-state index contributed by atoms with van der Waals surface area (Å²) >= 11 is 1.66. The van der Waals surface area contributed by atoms with E-state index in [4.69, 9.17) is 5.73 Å². The molecule has 0 unspecified atom stereocenters. The van der Waals surface area contributed by atoms with E-state index in [1.54, 1.807) is 11.3 Å². The number of nitrogens with one attached hydrogen (secondary N) is 1. The van der Waals surface area contributed by atoms with E-state index in [1.807, 2.05) is 0 Å². The third kappa shape index (κ3) is 8.04. The van der Waals surface area contributed by atoms with Crippen LogP contribution in [-0.4, -0.2) is 24.0 Å². The van der Waals surface area contributed by atoms with Crippen LogP contribution in [0.5, 0.6) is 0 Å². The van der Waals surface area contributed by atoms with Crippen LogP contribution < -0.4 is 11.1 Å². The molecule has 0 atom stereocenters. The molecule has 7 heteroatoms. The van der Waals surface area contributed by atoms with Gasteiger partial charge in [-0.3, -0.25) is 4.79 Å². The van der Waals surface area contributed by atoms with Crippen LogP contribution in [0, 0.1) is 0 Å². The van der Waals surface area contributed by atoms with Crippen LogP contribution in [0.1, 0.15) is 44.3 Å². The number of rotatable bonds is 6. The fourth-order valence-corrected chi connectivity index (χ4v) is 2.45. The zero-order valence-corrected chi connectivity index (χ0v) is 14.7. The maximum Gasteiger partial charge on any atom is 0.220 e. The Morgan fingerprint density at radius 1 is 1.40 bits per heavy atom. The highest BCUT2D eigenvalue weighted by atomic mass is 35.5. The first-order valence-electron chi connectivity index (χ1n) is 6.35. The van der Waals surface area contributed by atoms with Gasteiger partial charge in [0.05, 0.1) is 10.7 Å². The standard InChI is InChI=1S/C13H23N3OS.2ClH/c1-13(2,3)10-9-18-12(16-10)6-8-15-11(17)5-4-7-14;;/h9H,4-8,14H2,1-3H3,(H,15,17);2*1H. The van der Waals surface area contributed by atoms with Gasteiger partial charge in [0.2, 0.25) is 5.91 Å². The predicted octanol–water partition coefficient (Wildman–Crippen LogP) is 2.68. The van der Waals surface area contributed by atoms with Crippen LogP contribution >= 0.6 is 36.2 Å². The van der Waals surface area contributed by atoms with Crippen LogP contribution in [0.15, 0.2) is 5.38 Å². The Kier molecular flexibility index (Phi) is 11.4. The second-order valence-corrected chi connectivity index (χ2v) is 6.31. The summed E-state index contributed by atoms with van der Waals surface area (Å²) in [4.78, 5) is 16.0. The highest BCUT2D eigenvalue weighted by Gasteiger charge is 2.17. The van der Waals surface area contributed by atoms with Gasteiger partial charge in [-0.25, -0.2) is 4.98 Å². The summed E-state index contributed by atoms with van der Waals surface area (Å²) in [6.07, 6.45) is 2.06. The summed E-state index contributed by atoms with van der Waals surface area (Å²) in [6.45, 7) is 7.68. The number of nitrogens with two attached hydrogens (primary N) is 1. The van der Waals surface area contributed by atoms with Gasteiger partial charge in [-0.05, 0) is 13.0 Å². The Labute approximate surface area is 137 Å². The monoisotopic (exact) mass is 341 g/mol. The number of aromatic nitrogens is 1. The van der Waals surface area contributed by atoms with Gasteiger partial charge in [-0.15, -0.1) is 36.2 Å². The number of carbonyl (C=O) groups excluding carboxylic acids is 1. The number of hydrogen-bond donors (Lipinski definition) is 2. The summed E-state index contributed by atoms with van der Waals surface area (Å²) in [5, 5.41) is 6.07. The second-order valence-electron chi connectivity index (χ2n) is 5.37. The maximum atomic E-state index is 11.4. The second kappa shape index (κ2) is 10.4. The molecule has 0 radical (unpaired) electrons. The first-order valence-corrected chi connectivity index (χ1v) is 7.23. The van der Waals surface area contributed by atoms with Gasteiger partial charge in [0.25, 0.3) is 0 Å². The molecule has 0 bridgehead atoms. The van der Waals surface area contributed by atoms with E-state index in [0.29, 0.717) is 19.5 Å². The summed E-state index contributed by atoms with van der Waals surface area (Å²) in [6, 6.07) is 0. The number of nitrogens with zero attached hydrogens (tertiary/aromatic N) is 1. The maximum absolute atomic E-state index is 11.4. The largest absolute Gasteiger partial charge is 0.356 e. The van der Waals surface area contributed by atoms with Crippen LogP contribution in [-0.2, 0) is 16.6 Å². The fraction of sp³-hybridized carbons (Fsp3) is 0.692. The molecule has 4 nitrogen and oxygen atoms in total. The first kappa shape index (κ1) is 21.9. The van der Waals surface area contributed by atoms with Crippen molar-refractivity contribution in [3.63, 3.8) is 0 Å². The summed E-state index contributed by atoms with van der Waals surface area (Å²) in [5.41, 5.74) is 6.57. The molecular formula is C13H25Cl2N3OS. The molecule has 118 valence electrons. The van der Waals surface area contributed by atoms with E-state index in [0.717, 1.165) is 23.5 Å². The molecule has 0 saturated carbocycles. The number of thiazole rings is 1. The van der Waals surface area contributed by atoms with Crippen molar-refractivity contribution >= 4 is 42.1 Å². The van der Waals surface area contributed by atoms with Crippen LogP contribution in [0.25, 0.3) is 0 Å². The molecule has 3 N–H and O–H groups in total. The Balaban J connectivity index is 0. The van der Waals surface area contributed by atoms with Crippen LogP contribution in [0.2, 0.25) is 0 Å². The topological polar surface area (TPSA) is 68.0 Å². The lowest BCUT2D eigenvalue weighted by Gasteiger charge is -2.14. The number of amides is 1. The molecular weight excluding hydrogens is 317 g/mol. The zero-order chi connectivity index (χ0) is 13.6. The van der Waals surface area contributed by atoms with Crippen molar-refractivity contribution in [2.45, 2.75) is 45.4 Å². The lowest BCUT2D eigenvalue weighted by atomic mass is 9.93. The Hall–Kier alpha value is -0.360. The van der Waals surface area contributed by atoms with Crippen molar-refractivity contribution in [2.75, 3.05) is 13.1 Å². The van der Waals surface area contributed by atoms with Crippen molar-refractivity contribution < 1.29 is 4.79 Å². The smallest absolute Gasteiger partial charge is 0.220 e. The van der Waals surface area contributed by atoms with Crippen molar-refractivity contribution in [1.29, 1.82) is 0 Å². The van der Waals surface area contributed by atoms with Gasteiger partial charge < -0.3 is 11.1 Å². The molecule has 1 amide bonds. The SMILES string of the molecule is CC(C)(C)c1csc(CCNC(=O)CCCN)n1.Cl.Cl. The lowest BCUT2D eigenvalue weighted by Crippen LogP contribution is -2.26. The average Bonchev–Trinajstić information content (AvgIpc) is 2.74. The normalized spacial score (nSPS) is 10.4. The average molecular weight is 342 g/mol. The number of hydrogen-bond acceptors (Lipinski definition) is 4. The third-order valence-corrected chi connectivity index (χ3v) is 3.50. The summed E-state index contributed by atoms with van der Waals surface area (Å²) < 4.78 is 0. The van der Waals surface area contributed by atoms with E-state index in [1.165, 1.54) is 0 Å². The molecule has 1 aromatic heterocycles. The molecule has 0 spiro atoms. The minimum Gasteiger partial charge on any atom is -0.356 e. The molecule has 0 aliphatic heterocycles. The van der Waals surface area contributed by atoms with Gasteiger partial charge >= 0.3 is 0 Å². The molecule has 0 aromatic carbocycles. The highest BCUT2D eigenvalue weighted by molar-refractivity contribution is 7.09. The van der Waals surface area contributed by atoms with Gasteiger partial charge in [0, 0.05) is 30.2 Å². The molecule has 0 aliphatic carbocycles. The molecule has 20 heavy (non-hydrogen) atoms. The van der Waals surface area contributed by atoms with Crippen molar-refractivity contribution in [2.24, 2.45) is 5.73 Å². The molecule has 0 aliphatic rings. The Morgan fingerprint density at radius 2 is 2.05 bits per heavy atom. The summed E-state index contributed by atoms with van der Waals surface area (Å²) in [7, 11) is 0. The van der Waals surface area contributed by atoms with E-state index in [2.05, 4.69) is 36.5 Å². The zero-order valence-electron chi connectivity index (χ0n) is 12.3. The molecule has 1 aromatic rings. The van der Waals surface area contributed by atoms with Crippen LogP contribution in [0.3, 0.4) is 0 Å². The quantitative estimate of drug-likeness (QED) is 0.835. The van der Waals surface area contributed by atoms with Gasteiger partial charge in [-0.2, -0.15) is 0 Å². The molecule has 0 fully saturated rings. The molecule has 1 heterocycles. The van der Waals surface area contributed by atoms with Crippen LogP contribution in [0.4, 0.5) is 0 Å². The molecule has 0 saturated heterocycles. The van der Waals surface area contributed by atoms with E-state index >= 15 is 0 Å². The highest BCUT2D eigenvalue weighted by Crippen LogP contribution is 2.23. The first-order chi connectivity index (χ1) is 8.43. The Bertz CT molecular complexity index is 391. The number of carbonyl (C=O) groups is 1. The van der Waals surface area contributed by atoms with Crippen molar-refractivity contribution in [3.8, 4) is 0 Å². The van der Waals surface area contributed by atoms with E-state index in [9.17, 15) is 4.79 Å². The number of halogens is 2. The fourth-order valence-electron chi connectivity index (χ4n) is 1.43. The molecule has 1 rings (SSSR count). The predicted molar refractivity (Wildman–Crippen MR) is 90.3 cm³/mol. The third-order valence-electron chi connectivity index (χ3n) is 2.59. The van der Waals surface area contributed by atoms with Gasteiger partial charge in [0.15, 0.2) is 0 Å². The summed E-state index contributed by atoms with van der Waals surface area (Å²) in [5.74, 6) is 0.0769. The van der Waals surface area contributed by atoms with Gasteiger partial charge in [0.1, 0.15) is 0 Å². The lowest BCUT2D eigenvalue weighted by molar-refractivity contribution is -0.121. The van der Waals surface area contributed by atoms with Gasteiger partial charge in [-0.1, -0.05) is 20.8 Å². The van der Waals surface area contributed by atoms with Crippen molar-refractivity contribution in [3.05, 3.63) is 16.1 Å². The Morgan fingerprint density at radius 3 is 2.55 bits per heavy atom. The minimum absolute atomic E-state index is 0.